The Balaban J connectivity index is 1.35. The van der Waals surface area contributed by atoms with E-state index in [2.05, 4.69) is 10.2 Å². The van der Waals surface area contributed by atoms with Gasteiger partial charge in [0.1, 0.15) is 5.75 Å². The van der Waals surface area contributed by atoms with Crippen molar-refractivity contribution in [3.05, 3.63) is 77.9 Å². The van der Waals surface area contributed by atoms with Crippen LogP contribution in [0.3, 0.4) is 0 Å². The van der Waals surface area contributed by atoms with E-state index in [-0.39, 0.29) is 11.5 Å². The van der Waals surface area contributed by atoms with E-state index in [1.807, 2.05) is 41.3 Å². The highest BCUT2D eigenvalue weighted by Crippen LogP contribution is 2.21. The largest absolute Gasteiger partial charge is 0.438 e. The van der Waals surface area contributed by atoms with Crippen LogP contribution in [0.5, 0.6) is 11.6 Å². The van der Waals surface area contributed by atoms with Crippen LogP contribution >= 0.6 is 0 Å². The predicted molar refractivity (Wildman–Crippen MR) is 103 cm³/mol. The number of para-hydroxylation sites is 1. The Morgan fingerprint density at radius 3 is 2.28 bits per heavy atom. The molecule has 2 aromatic carbocycles. The van der Waals surface area contributed by atoms with Crippen LogP contribution in [0.1, 0.15) is 10.4 Å². The fourth-order valence-electron chi connectivity index (χ4n) is 3.10. The number of hydrogen-bond donors (Lipinski definition) is 0. The third-order valence-corrected chi connectivity index (χ3v) is 4.65. The van der Waals surface area contributed by atoms with Crippen molar-refractivity contribution in [1.29, 1.82) is 0 Å². The molecule has 0 spiro atoms. The standard InChI is InChI=1S/C21H18F2N4O2/c22-17-7-6-15(14-18(17)23)21(28)27-12-10-26(11-13-27)19-8-9-20(25-24-19)29-16-4-2-1-3-5-16/h1-9,14H,10-13H2. The smallest absolute Gasteiger partial charge is 0.254 e. The van der Waals surface area contributed by atoms with E-state index in [1.165, 1.54) is 6.07 Å². The summed E-state index contributed by atoms with van der Waals surface area (Å²) >= 11 is 0. The second kappa shape index (κ2) is 8.22. The number of carbonyl (C=O) groups excluding carboxylic acids is 1. The summed E-state index contributed by atoms with van der Waals surface area (Å²) in [4.78, 5) is 16.1. The van der Waals surface area contributed by atoms with Gasteiger partial charge >= 0.3 is 0 Å². The maximum absolute atomic E-state index is 13.4. The first-order chi connectivity index (χ1) is 14.1. The molecule has 3 aromatic rings. The van der Waals surface area contributed by atoms with Gasteiger partial charge in [0.15, 0.2) is 17.5 Å². The first-order valence-corrected chi connectivity index (χ1v) is 9.16. The van der Waals surface area contributed by atoms with Gasteiger partial charge in [-0.05, 0) is 36.4 Å². The average Bonchev–Trinajstić information content (AvgIpc) is 2.77. The molecule has 0 unspecified atom stereocenters. The highest BCUT2D eigenvalue weighted by Gasteiger charge is 2.23. The summed E-state index contributed by atoms with van der Waals surface area (Å²) in [5, 5.41) is 8.30. The van der Waals surface area contributed by atoms with Crippen molar-refractivity contribution in [3.63, 3.8) is 0 Å². The Bertz CT molecular complexity index is 991. The lowest BCUT2D eigenvalue weighted by Crippen LogP contribution is -2.49. The quantitative estimate of drug-likeness (QED) is 0.676. The molecule has 2 heterocycles. The topological polar surface area (TPSA) is 58.6 Å². The van der Waals surface area contributed by atoms with Gasteiger partial charge in [0.05, 0.1) is 0 Å². The van der Waals surface area contributed by atoms with Crippen molar-refractivity contribution in [2.45, 2.75) is 0 Å². The Hall–Kier alpha value is -3.55. The van der Waals surface area contributed by atoms with Crippen molar-refractivity contribution >= 4 is 11.7 Å². The van der Waals surface area contributed by atoms with Gasteiger partial charge in [-0.25, -0.2) is 8.78 Å². The minimum absolute atomic E-state index is 0.138. The molecule has 0 atom stereocenters. The molecule has 8 heteroatoms. The van der Waals surface area contributed by atoms with E-state index in [9.17, 15) is 13.6 Å². The van der Waals surface area contributed by atoms with Gasteiger partial charge < -0.3 is 14.5 Å². The van der Waals surface area contributed by atoms with Crippen LogP contribution < -0.4 is 9.64 Å². The fraction of sp³-hybridized carbons (Fsp3) is 0.190. The first-order valence-electron chi connectivity index (χ1n) is 9.16. The van der Waals surface area contributed by atoms with Crippen LogP contribution in [0.15, 0.2) is 60.7 Å². The van der Waals surface area contributed by atoms with Crippen molar-refractivity contribution in [3.8, 4) is 11.6 Å². The maximum Gasteiger partial charge on any atom is 0.254 e. The third-order valence-electron chi connectivity index (χ3n) is 4.65. The van der Waals surface area contributed by atoms with Crippen LogP contribution in [0.2, 0.25) is 0 Å². The lowest BCUT2D eigenvalue weighted by atomic mass is 10.1. The highest BCUT2D eigenvalue weighted by molar-refractivity contribution is 5.94. The molecular weight excluding hydrogens is 378 g/mol. The van der Waals surface area contributed by atoms with E-state index in [0.717, 1.165) is 12.1 Å². The van der Waals surface area contributed by atoms with Gasteiger partial charge in [0.25, 0.3) is 5.91 Å². The molecule has 4 rings (SSSR count). The minimum Gasteiger partial charge on any atom is -0.438 e. The molecule has 0 radical (unpaired) electrons. The number of hydrogen-bond acceptors (Lipinski definition) is 5. The van der Waals surface area contributed by atoms with Gasteiger partial charge in [-0.3, -0.25) is 4.79 Å². The summed E-state index contributed by atoms with van der Waals surface area (Å²) in [5.41, 5.74) is 0.138. The Labute approximate surface area is 166 Å². The van der Waals surface area contributed by atoms with Gasteiger partial charge in [-0.15, -0.1) is 10.2 Å². The maximum atomic E-state index is 13.4. The molecule has 1 fully saturated rings. The number of ether oxygens (including phenoxy) is 1. The van der Waals surface area contributed by atoms with Crippen LogP contribution in [-0.4, -0.2) is 47.2 Å². The molecule has 0 bridgehead atoms. The molecular formula is C21H18F2N4O2. The normalized spacial score (nSPS) is 14.0. The Kier molecular flexibility index (Phi) is 5.33. The zero-order chi connectivity index (χ0) is 20.2. The van der Waals surface area contributed by atoms with Gasteiger partial charge in [0, 0.05) is 37.8 Å². The summed E-state index contributed by atoms with van der Waals surface area (Å²) in [6.07, 6.45) is 0. The zero-order valence-electron chi connectivity index (χ0n) is 15.5. The van der Waals surface area contributed by atoms with Crippen LogP contribution in [0, 0.1) is 11.6 Å². The SMILES string of the molecule is O=C(c1ccc(F)c(F)c1)N1CCN(c2ccc(Oc3ccccc3)nn2)CC1. The number of piperazine rings is 1. The number of benzene rings is 2. The monoisotopic (exact) mass is 396 g/mol. The van der Waals surface area contributed by atoms with Crippen molar-refractivity contribution in [1.82, 2.24) is 15.1 Å². The summed E-state index contributed by atoms with van der Waals surface area (Å²) in [5.74, 6) is -0.551. The molecule has 148 valence electrons. The van der Waals surface area contributed by atoms with E-state index in [4.69, 9.17) is 4.74 Å². The Morgan fingerprint density at radius 2 is 1.62 bits per heavy atom. The molecule has 29 heavy (non-hydrogen) atoms. The number of nitrogens with zero attached hydrogens (tertiary/aromatic N) is 4. The lowest BCUT2D eigenvalue weighted by Gasteiger charge is -2.35. The third kappa shape index (κ3) is 4.31. The number of halogens is 2. The lowest BCUT2D eigenvalue weighted by molar-refractivity contribution is 0.0746. The predicted octanol–water partition coefficient (Wildman–Crippen LogP) is 3.51. The van der Waals surface area contributed by atoms with Crippen molar-refractivity contribution in [2.75, 3.05) is 31.1 Å². The molecule has 1 aromatic heterocycles. The van der Waals surface area contributed by atoms with Gasteiger partial charge in [-0.1, -0.05) is 18.2 Å². The number of amides is 1. The highest BCUT2D eigenvalue weighted by atomic mass is 19.2. The van der Waals surface area contributed by atoms with Crippen LogP contribution in [0.25, 0.3) is 0 Å². The number of aromatic nitrogens is 2. The summed E-state index contributed by atoms with van der Waals surface area (Å²) in [6, 6.07) is 16.1. The molecule has 1 aliphatic heterocycles. The van der Waals surface area contributed by atoms with Crippen molar-refractivity contribution < 1.29 is 18.3 Å². The second-order valence-corrected chi connectivity index (χ2v) is 6.55. The van der Waals surface area contributed by atoms with Gasteiger partial charge in [-0.2, -0.15) is 0 Å². The van der Waals surface area contributed by atoms with E-state index >= 15 is 0 Å². The molecule has 1 amide bonds. The fourth-order valence-corrected chi connectivity index (χ4v) is 3.10. The van der Waals surface area contributed by atoms with E-state index < -0.39 is 11.6 Å². The van der Waals surface area contributed by atoms with E-state index in [0.29, 0.717) is 43.6 Å². The van der Waals surface area contributed by atoms with Crippen LogP contribution in [0.4, 0.5) is 14.6 Å². The molecule has 0 aliphatic carbocycles. The Morgan fingerprint density at radius 1 is 0.862 bits per heavy atom. The van der Waals surface area contributed by atoms with Crippen LogP contribution in [-0.2, 0) is 0 Å². The van der Waals surface area contributed by atoms with Gasteiger partial charge in [0.2, 0.25) is 5.88 Å². The number of rotatable bonds is 4. The zero-order valence-corrected chi connectivity index (χ0v) is 15.5. The molecule has 1 saturated heterocycles. The first kappa shape index (κ1) is 18.8. The molecule has 0 saturated carbocycles. The van der Waals surface area contributed by atoms with Crippen molar-refractivity contribution in [2.24, 2.45) is 0 Å². The number of carbonyl (C=O) groups is 1. The molecule has 1 aliphatic rings. The average molecular weight is 396 g/mol. The summed E-state index contributed by atoms with van der Waals surface area (Å²) in [6.45, 7) is 2.01. The number of anilines is 1. The minimum atomic E-state index is -1.03. The van der Waals surface area contributed by atoms with E-state index in [1.54, 1.807) is 11.0 Å². The summed E-state index contributed by atoms with van der Waals surface area (Å²) in [7, 11) is 0. The second-order valence-electron chi connectivity index (χ2n) is 6.55. The molecule has 0 N–H and O–H groups in total. The molecule has 6 nitrogen and oxygen atoms in total. The summed E-state index contributed by atoms with van der Waals surface area (Å²) < 4.78 is 32.1.